The number of nitrogens with one attached hydrogen (secondary N) is 1. The molecule has 0 unspecified atom stereocenters. The minimum atomic E-state index is -2.33. The molecule has 0 saturated heterocycles. The van der Waals surface area contributed by atoms with Crippen molar-refractivity contribution in [1.29, 1.82) is 0 Å². The van der Waals surface area contributed by atoms with Crippen LogP contribution < -0.4 is 5.32 Å². The summed E-state index contributed by atoms with van der Waals surface area (Å²) in [6.45, 7) is -0.172. The highest BCUT2D eigenvalue weighted by Gasteiger charge is 2.26. The van der Waals surface area contributed by atoms with Gasteiger partial charge in [-0.25, -0.2) is 26.7 Å². The highest BCUT2D eigenvalue weighted by molar-refractivity contribution is 5.91. The zero-order chi connectivity index (χ0) is 18.0. The van der Waals surface area contributed by atoms with Crippen LogP contribution in [0.15, 0.2) is 12.4 Å². The number of amides is 1. The van der Waals surface area contributed by atoms with Crippen LogP contribution in [0.2, 0.25) is 0 Å². The van der Waals surface area contributed by atoms with Crippen molar-refractivity contribution in [2.24, 2.45) is 0 Å². The number of aromatic nitrogens is 2. The third kappa shape index (κ3) is 3.34. The standard InChI is InChI=1S/C13H8F5N3O3/c14-7-8(15)10(17)12(11(18)9(7)16)20-6(22)1-2-21-4-5(3-19-21)13(23)24/h3-4H,1-2H2,(H,20,22)(H,23,24). The first kappa shape index (κ1) is 17.4. The Balaban J connectivity index is 2.09. The van der Waals surface area contributed by atoms with Crippen LogP contribution in [0.5, 0.6) is 0 Å². The van der Waals surface area contributed by atoms with Crippen LogP contribution in [0.3, 0.4) is 0 Å². The van der Waals surface area contributed by atoms with Gasteiger partial charge in [-0.2, -0.15) is 5.10 Å². The van der Waals surface area contributed by atoms with Crippen LogP contribution in [0.25, 0.3) is 0 Å². The van der Waals surface area contributed by atoms with Gasteiger partial charge in [0.05, 0.1) is 11.8 Å². The molecule has 0 bridgehead atoms. The number of rotatable bonds is 5. The van der Waals surface area contributed by atoms with Gasteiger partial charge >= 0.3 is 5.97 Å². The van der Waals surface area contributed by atoms with Crippen LogP contribution in [0.4, 0.5) is 27.6 Å². The first-order valence-electron chi connectivity index (χ1n) is 6.29. The molecule has 2 N–H and O–H groups in total. The Labute approximate surface area is 130 Å². The second-order valence-corrected chi connectivity index (χ2v) is 4.54. The van der Waals surface area contributed by atoms with Crippen molar-refractivity contribution >= 4 is 17.6 Å². The lowest BCUT2D eigenvalue weighted by atomic mass is 10.2. The summed E-state index contributed by atoms with van der Waals surface area (Å²) in [4.78, 5) is 22.2. The van der Waals surface area contributed by atoms with Crippen molar-refractivity contribution in [2.75, 3.05) is 5.32 Å². The Morgan fingerprint density at radius 3 is 2.08 bits per heavy atom. The molecule has 0 fully saturated rings. The fourth-order valence-electron chi connectivity index (χ4n) is 1.73. The molecule has 6 nitrogen and oxygen atoms in total. The summed E-state index contributed by atoms with van der Waals surface area (Å²) in [6, 6.07) is 0. The number of hydrogen-bond donors (Lipinski definition) is 2. The summed E-state index contributed by atoms with van der Waals surface area (Å²) < 4.78 is 66.7. The maximum atomic E-state index is 13.4. The van der Waals surface area contributed by atoms with Crippen LogP contribution >= 0.6 is 0 Å². The van der Waals surface area contributed by atoms with Gasteiger partial charge in [-0.1, -0.05) is 0 Å². The first-order valence-corrected chi connectivity index (χ1v) is 6.29. The number of carboxylic acid groups (broad SMARTS) is 1. The highest BCUT2D eigenvalue weighted by Crippen LogP contribution is 2.27. The molecule has 0 aliphatic rings. The zero-order valence-electron chi connectivity index (χ0n) is 11.6. The van der Waals surface area contributed by atoms with E-state index in [1.165, 1.54) is 0 Å². The monoisotopic (exact) mass is 349 g/mol. The molecule has 2 aromatic rings. The molecule has 24 heavy (non-hydrogen) atoms. The smallest absolute Gasteiger partial charge is 0.338 e. The largest absolute Gasteiger partial charge is 0.478 e. The van der Waals surface area contributed by atoms with Gasteiger partial charge in [0.2, 0.25) is 11.7 Å². The Morgan fingerprint density at radius 1 is 1.04 bits per heavy atom. The van der Waals surface area contributed by atoms with E-state index in [4.69, 9.17) is 5.11 Å². The summed E-state index contributed by atoms with van der Waals surface area (Å²) in [5.74, 6) is -13.3. The summed E-state index contributed by atoms with van der Waals surface area (Å²) in [7, 11) is 0. The minimum Gasteiger partial charge on any atom is -0.478 e. The third-order valence-corrected chi connectivity index (χ3v) is 2.92. The second kappa shape index (κ2) is 6.64. The number of carboxylic acids is 1. The normalized spacial score (nSPS) is 10.7. The number of aromatic carboxylic acids is 1. The zero-order valence-corrected chi connectivity index (χ0v) is 11.6. The van der Waals surface area contributed by atoms with E-state index in [2.05, 4.69) is 5.10 Å². The molecule has 0 aliphatic carbocycles. The van der Waals surface area contributed by atoms with E-state index < -0.39 is 53.1 Å². The van der Waals surface area contributed by atoms with Crippen molar-refractivity contribution in [2.45, 2.75) is 13.0 Å². The fraction of sp³-hybridized carbons (Fsp3) is 0.154. The van der Waals surface area contributed by atoms with Crippen molar-refractivity contribution in [3.8, 4) is 0 Å². The predicted molar refractivity (Wildman–Crippen MR) is 68.7 cm³/mol. The number of carbonyl (C=O) groups is 2. The summed E-state index contributed by atoms with van der Waals surface area (Å²) >= 11 is 0. The van der Waals surface area contributed by atoms with E-state index in [-0.39, 0.29) is 12.1 Å². The average molecular weight is 349 g/mol. The number of nitrogens with zero attached hydrogens (tertiary/aromatic N) is 2. The molecule has 0 radical (unpaired) electrons. The summed E-state index contributed by atoms with van der Waals surface area (Å²) in [5.41, 5.74) is -1.60. The van der Waals surface area contributed by atoms with E-state index in [0.29, 0.717) is 0 Å². The maximum absolute atomic E-state index is 13.4. The van der Waals surface area contributed by atoms with Crippen LogP contribution in [0.1, 0.15) is 16.8 Å². The number of anilines is 1. The Kier molecular flexibility index (Phi) is 4.81. The molecule has 1 heterocycles. The molecular formula is C13H8F5N3O3. The van der Waals surface area contributed by atoms with Crippen molar-refractivity contribution in [1.82, 2.24) is 9.78 Å². The van der Waals surface area contributed by atoms with Gasteiger partial charge < -0.3 is 10.4 Å². The molecule has 2 rings (SSSR count). The quantitative estimate of drug-likeness (QED) is 0.493. The molecule has 0 spiro atoms. The van der Waals surface area contributed by atoms with Gasteiger partial charge in [0.1, 0.15) is 5.69 Å². The van der Waals surface area contributed by atoms with Gasteiger partial charge in [-0.3, -0.25) is 9.48 Å². The average Bonchev–Trinajstić information content (AvgIpc) is 3.02. The number of halogens is 5. The molecule has 0 aliphatic heterocycles. The van der Waals surface area contributed by atoms with E-state index in [9.17, 15) is 31.5 Å². The molecule has 1 amide bonds. The fourth-order valence-corrected chi connectivity index (χ4v) is 1.73. The van der Waals surface area contributed by atoms with E-state index in [1.807, 2.05) is 0 Å². The lowest BCUT2D eigenvalue weighted by Gasteiger charge is -2.09. The maximum Gasteiger partial charge on any atom is 0.338 e. The number of carbonyl (C=O) groups excluding carboxylic acids is 1. The molecule has 0 atom stereocenters. The van der Waals surface area contributed by atoms with Gasteiger partial charge in [0, 0.05) is 19.2 Å². The van der Waals surface area contributed by atoms with Crippen molar-refractivity contribution in [3.05, 3.63) is 47.0 Å². The summed E-state index contributed by atoms with van der Waals surface area (Å²) in [6.07, 6.45) is 1.68. The minimum absolute atomic E-state index is 0.143. The molecule has 1 aromatic carbocycles. The van der Waals surface area contributed by atoms with Crippen LogP contribution in [-0.2, 0) is 11.3 Å². The van der Waals surface area contributed by atoms with Gasteiger partial charge in [-0.15, -0.1) is 0 Å². The van der Waals surface area contributed by atoms with Crippen LogP contribution in [0, 0.1) is 29.1 Å². The Hall–Kier alpha value is -2.98. The first-order chi connectivity index (χ1) is 11.2. The molecule has 0 saturated carbocycles. The van der Waals surface area contributed by atoms with Crippen molar-refractivity contribution in [3.63, 3.8) is 0 Å². The number of aryl methyl sites for hydroxylation is 1. The van der Waals surface area contributed by atoms with Gasteiger partial charge in [-0.05, 0) is 0 Å². The highest BCUT2D eigenvalue weighted by atomic mass is 19.2. The molecule has 128 valence electrons. The molecule has 11 heteroatoms. The SMILES string of the molecule is O=C(CCn1cc(C(=O)O)cn1)Nc1c(F)c(F)c(F)c(F)c1F. The number of benzene rings is 1. The lowest BCUT2D eigenvalue weighted by molar-refractivity contribution is -0.116. The molecule has 1 aromatic heterocycles. The van der Waals surface area contributed by atoms with Crippen molar-refractivity contribution < 1.29 is 36.6 Å². The van der Waals surface area contributed by atoms with E-state index in [0.717, 1.165) is 17.1 Å². The van der Waals surface area contributed by atoms with Crippen LogP contribution in [-0.4, -0.2) is 26.8 Å². The van der Waals surface area contributed by atoms with Gasteiger partial charge in [0.15, 0.2) is 23.3 Å². The van der Waals surface area contributed by atoms with E-state index in [1.54, 1.807) is 5.32 Å². The molecular weight excluding hydrogens is 341 g/mol. The van der Waals surface area contributed by atoms with E-state index >= 15 is 0 Å². The van der Waals surface area contributed by atoms with Gasteiger partial charge in [0.25, 0.3) is 0 Å². The summed E-state index contributed by atoms with van der Waals surface area (Å²) in [5, 5.41) is 13.9. The Morgan fingerprint density at radius 2 is 1.58 bits per heavy atom. The third-order valence-electron chi connectivity index (χ3n) is 2.92. The Bertz CT molecular complexity index is 792. The topological polar surface area (TPSA) is 84.2 Å². The number of hydrogen-bond acceptors (Lipinski definition) is 3. The lowest BCUT2D eigenvalue weighted by Crippen LogP contribution is -2.18. The predicted octanol–water partition coefficient (Wildman–Crippen LogP) is 2.31. The second-order valence-electron chi connectivity index (χ2n) is 4.54.